The SMILES string of the molecule is COC[C@H](C)N=C(N=C1CC(c2ccc(Cl)cc2)=NN1)NC(=O)c1ccc(F)c(F)c1. The van der Waals surface area contributed by atoms with E-state index in [0.29, 0.717) is 23.9 Å². The van der Waals surface area contributed by atoms with Crippen molar-refractivity contribution in [1.82, 2.24) is 10.7 Å². The fourth-order valence-corrected chi connectivity index (χ4v) is 2.88. The number of amides is 1. The van der Waals surface area contributed by atoms with Gasteiger partial charge >= 0.3 is 0 Å². The van der Waals surface area contributed by atoms with Gasteiger partial charge in [-0.2, -0.15) is 10.1 Å². The first-order chi connectivity index (χ1) is 14.9. The zero-order chi connectivity index (χ0) is 22.4. The molecule has 2 aromatic rings. The number of ether oxygens (including phenoxy) is 1. The number of rotatable bonds is 5. The maximum Gasteiger partial charge on any atom is 0.258 e. The molecule has 1 atom stereocenters. The summed E-state index contributed by atoms with van der Waals surface area (Å²) in [5.74, 6) is -2.39. The quantitative estimate of drug-likeness (QED) is 0.543. The van der Waals surface area contributed by atoms with E-state index in [4.69, 9.17) is 16.3 Å². The number of nitrogens with one attached hydrogen (secondary N) is 2. The summed E-state index contributed by atoms with van der Waals surface area (Å²) in [6, 6.07) is 9.75. The first kappa shape index (κ1) is 22.5. The smallest absolute Gasteiger partial charge is 0.258 e. The van der Waals surface area contributed by atoms with Crippen LogP contribution in [0.2, 0.25) is 5.02 Å². The maximum absolute atomic E-state index is 13.5. The van der Waals surface area contributed by atoms with E-state index in [1.54, 1.807) is 19.1 Å². The molecule has 0 spiro atoms. The molecule has 0 aliphatic carbocycles. The van der Waals surface area contributed by atoms with E-state index in [1.165, 1.54) is 13.2 Å². The monoisotopic (exact) mass is 447 g/mol. The van der Waals surface area contributed by atoms with Crippen molar-refractivity contribution >= 4 is 35.0 Å². The molecule has 1 amide bonds. The van der Waals surface area contributed by atoms with E-state index in [1.807, 2.05) is 12.1 Å². The minimum Gasteiger partial charge on any atom is -0.382 e. The van der Waals surface area contributed by atoms with Crippen LogP contribution in [0.1, 0.15) is 29.3 Å². The number of nitrogens with zero attached hydrogens (tertiary/aromatic N) is 3. The third-order valence-corrected chi connectivity index (χ3v) is 4.48. The molecule has 0 radical (unpaired) electrons. The number of amidine groups is 1. The topological polar surface area (TPSA) is 87.4 Å². The highest BCUT2D eigenvalue weighted by Crippen LogP contribution is 2.14. The van der Waals surface area contributed by atoms with Crippen molar-refractivity contribution in [2.75, 3.05) is 13.7 Å². The molecule has 0 saturated heterocycles. The van der Waals surface area contributed by atoms with Gasteiger partial charge in [-0.05, 0) is 42.8 Å². The average molecular weight is 448 g/mol. The molecule has 3 rings (SSSR count). The van der Waals surface area contributed by atoms with E-state index in [9.17, 15) is 13.6 Å². The number of halogens is 3. The predicted octanol–water partition coefficient (Wildman–Crippen LogP) is 3.54. The highest BCUT2D eigenvalue weighted by atomic mass is 35.5. The Hall–Kier alpha value is -3.17. The van der Waals surface area contributed by atoms with Gasteiger partial charge in [0, 0.05) is 17.7 Å². The Morgan fingerprint density at radius 1 is 1.26 bits per heavy atom. The molecule has 2 N–H and O–H groups in total. The number of hydrogen-bond acceptors (Lipinski definition) is 4. The van der Waals surface area contributed by atoms with Gasteiger partial charge in [0.25, 0.3) is 5.91 Å². The van der Waals surface area contributed by atoms with Crippen LogP contribution in [0.15, 0.2) is 57.6 Å². The summed E-state index contributed by atoms with van der Waals surface area (Å²) in [5.41, 5.74) is 4.37. The standard InChI is InChI=1S/C21H20ClF2N5O2/c1-12(11-31-2)25-21(27-20(30)14-5-8-16(23)17(24)9-14)26-19-10-18(28-29-19)13-3-6-15(22)7-4-13/h3-9,12H,10-11H2,1-2H3,(H2,25,26,27,29,30)/t12-/m0/s1. The van der Waals surface area contributed by atoms with Crippen LogP contribution in [0.3, 0.4) is 0 Å². The van der Waals surface area contributed by atoms with Crippen molar-refractivity contribution in [1.29, 1.82) is 0 Å². The largest absolute Gasteiger partial charge is 0.382 e. The highest BCUT2D eigenvalue weighted by Gasteiger charge is 2.18. The molecule has 7 nitrogen and oxygen atoms in total. The minimum atomic E-state index is -1.12. The van der Waals surface area contributed by atoms with Gasteiger partial charge in [0.2, 0.25) is 5.96 Å². The molecule has 0 bridgehead atoms. The van der Waals surface area contributed by atoms with Crippen molar-refractivity contribution in [3.8, 4) is 0 Å². The van der Waals surface area contributed by atoms with Crippen molar-refractivity contribution in [3.63, 3.8) is 0 Å². The number of carbonyl (C=O) groups is 1. The lowest BCUT2D eigenvalue weighted by Crippen LogP contribution is -2.32. The van der Waals surface area contributed by atoms with Crippen LogP contribution in [-0.4, -0.2) is 43.2 Å². The minimum absolute atomic E-state index is 0.00524. The Kier molecular flexibility index (Phi) is 7.43. The van der Waals surface area contributed by atoms with Crippen LogP contribution in [0.5, 0.6) is 0 Å². The van der Waals surface area contributed by atoms with Gasteiger partial charge in [-0.1, -0.05) is 23.7 Å². The molecule has 31 heavy (non-hydrogen) atoms. The second kappa shape index (κ2) is 10.2. The Morgan fingerprint density at radius 3 is 2.68 bits per heavy atom. The van der Waals surface area contributed by atoms with Gasteiger partial charge in [0.05, 0.1) is 24.8 Å². The van der Waals surface area contributed by atoms with Crippen molar-refractivity contribution in [2.24, 2.45) is 15.1 Å². The predicted molar refractivity (Wildman–Crippen MR) is 116 cm³/mol. The molecule has 162 valence electrons. The molecule has 1 heterocycles. The molecule has 2 aromatic carbocycles. The van der Waals surface area contributed by atoms with Crippen LogP contribution in [0.4, 0.5) is 8.78 Å². The molecule has 0 fully saturated rings. The summed E-state index contributed by atoms with van der Waals surface area (Å²) in [6.07, 6.45) is 0.375. The van der Waals surface area contributed by atoms with Gasteiger partial charge in [-0.25, -0.2) is 13.8 Å². The molecule has 1 aliphatic rings. The molecular formula is C21H20ClF2N5O2. The van der Waals surface area contributed by atoms with Crippen LogP contribution >= 0.6 is 11.6 Å². The number of hydrogen-bond donors (Lipinski definition) is 2. The average Bonchev–Trinajstić information content (AvgIpc) is 3.19. The van der Waals surface area contributed by atoms with Crippen LogP contribution in [-0.2, 0) is 4.74 Å². The normalized spacial score (nSPS) is 16.1. The summed E-state index contributed by atoms with van der Waals surface area (Å²) in [5, 5.41) is 7.40. The second-order valence-electron chi connectivity index (χ2n) is 6.75. The van der Waals surface area contributed by atoms with Crippen molar-refractivity contribution < 1.29 is 18.3 Å². The zero-order valence-corrected chi connectivity index (χ0v) is 17.6. The summed E-state index contributed by atoms with van der Waals surface area (Å²) in [7, 11) is 1.53. The summed E-state index contributed by atoms with van der Waals surface area (Å²) in [4.78, 5) is 21.2. The van der Waals surface area contributed by atoms with Gasteiger partial charge in [-0.3, -0.25) is 15.5 Å². The molecule has 0 unspecified atom stereocenters. The van der Waals surface area contributed by atoms with Gasteiger partial charge < -0.3 is 4.74 Å². The second-order valence-corrected chi connectivity index (χ2v) is 7.19. The molecule has 0 saturated carbocycles. The van der Waals surface area contributed by atoms with Gasteiger partial charge in [0.1, 0.15) is 5.84 Å². The maximum atomic E-state index is 13.5. The zero-order valence-electron chi connectivity index (χ0n) is 16.8. The fourth-order valence-electron chi connectivity index (χ4n) is 2.76. The Balaban J connectivity index is 1.78. The van der Waals surface area contributed by atoms with Gasteiger partial charge in [-0.15, -0.1) is 0 Å². The van der Waals surface area contributed by atoms with Crippen LogP contribution < -0.4 is 10.7 Å². The van der Waals surface area contributed by atoms with Crippen LogP contribution in [0.25, 0.3) is 0 Å². The Morgan fingerprint density at radius 2 is 2.00 bits per heavy atom. The highest BCUT2D eigenvalue weighted by molar-refractivity contribution is 6.30. The lowest BCUT2D eigenvalue weighted by Gasteiger charge is -2.10. The summed E-state index contributed by atoms with van der Waals surface area (Å²) < 4.78 is 31.7. The van der Waals surface area contributed by atoms with Crippen LogP contribution in [0, 0.1) is 11.6 Å². The Bertz CT molecular complexity index is 1050. The molecule has 0 aromatic heterocycles. The number of carbonyl (C=O) groups excluding carboxylic acids is 1. The van der Waals surface area contributed by atoms with Crippen molar-refractivity contribution in [3.05, 3.63) is 70.2 Å². The third kappa shape index (κ3) is 6.16. The fraction of sp³-hybridized carbons (Fsp3) is 0.238. The van der Waals surface area contributed by atoms with Gasteiger partial charge in [0.15, 0.2) is 11.6 Å². The number of benzene rings is 2. The lowest BCUT2D eigenvalue weighted by molar-refractivity contribution is 0.0975. The summed E-state index contributed by atoms with van der Waals surface area (Å²) in [6.45, 7) is 2.08. The Labute approximate surface area is 182 Å². The number of hydrazone groups is 1. The molecule has 10 heteroatoms. The van der Waals surface area contributed by atoms with Crippen molar-refractivity contribution in [2.45, 2.75) is 19.4 Å². The first-order valence-electron chi connectivity index (χ1n) is 9.35. The number of methoxy groups -OCH3 is 1. The van der Waals surface area contributed by atoms with E-state index >= 15 is 0 Å². The molecule has 1 aliphatic heterocycles. The number of guanidine groups is 1. The first-order valence-corrected chi connectivity index (χ1v) is 9.72. The van der Waals surface area contributed by atoms with E-state index < -0.39 is 17.5 Å². The van der Waals surface area contributed by atoms with E-state index in [2.05, 4.69) is 25.8 Å². The number of aliphatic imine (C=N–C) groups is 2. The van der Waals surface area contributed by atoms with E-state index in [-0.39, 0.29) is 17.6 Å². The summed E-state index contributed by atoms with van der Waals surface area (Å²) >= 11 is 5.92. The third-order valence-electron chi connectivity index (χ3n) is 4.23. The molecular weight excluding hydrogens is 428 g/mol. The van der Waals surface area contributed by atoms with E-state index in [0.717, 1.165) is 23.4 Å². The lowest BCUT2D eigenvalue weighted by atomic mass is 10.1.